The summed E-state index contributed by atoms with van der Waals surface area (Å²) in [4.78, 5) is 10.6. The SMILES string of the molecule is CC(O)c1cccn1CCc1ccccc1[N+](=O)[O-]. The average molecular weight is 260 g/mol. The Morgan fingerprint density at radius 1 is 1.32 bits per heavy atom. The van der Waals surface area contributed by atoms with Gasteiger partial charge in [-0.15, -0.1) is 0 Å². The first kappa shape index (κ1) is 13.3. The van der Waals surface area contributed by atoms with Crippen LogP contribution in [0.15, 0.2) is 42.6 Å². The summed E-state index contributed by atoms with van der Waals surface area (Å²) in [6, 6.07) is 10.5. The van der Waals surface area contributed by atoms with Gasteiger partial charge in [-0.1, -0.05) is 18.2 Å². The lowest BCUT2D eigenvalue weighted by Crippen LogP contribution is -2.07. The molecule has 1 unspecified atom stereocenters. The quantitative estimate of drug-likeness (QED) is 0.663. The predicted molar refractivity (Wildman–Crippen MR) is 71.9 cm³/mol. The van der Waals surface area contributed by atoms with E-state index in [0.29, 0.717) is 18.5 Å². The molecule has 1 aromatic heterocycles. The average Bonchev–Trinajstić information content (AvgIpc) is 2.85. The number of hydrogen-bond donors (Lipinski definition) is 1. The minimum atomic E-state index is -0.541. The molecule has 1 heterocycles. The highest BCUT2D eigenvalue weighted by atomic mass is 16.6. The Bertz CT molecular complexity index is 576. The Labute approximate surface area is 111 Å². The van der Waals surface area contributed by atoms with Gasteiger partial charge in [0.05, 0.1) is 11.0 Å². The van der Waals surface area contributed by atoms with Gasteiger partial charge in [0, 0.05) is 30.1 Å². The highest BCUT2D eigenvalue weighted by molar-refractivity contribution is 5.39. The fourth-order valence-corrected chi connectivity index (χ4v) is 2.15. The van der Waals surface area contributed by atoms with Crippen LogP contribution in [0.2, 0.25) is 0 Å². The number of aliphatic hydroxyl groups is 1. The topological polar surface area (TPSA) is 68.3 Å². The summed E-state index contributed by atoms with van der Waals surface area (Å²) in [6.07, 6.45) is 1.89. The van der Waals surface area contributed by atoms with Crippen LogP contribution in [0.1, 0.15) is 24.3 Å². The Morgan fingerprint density at radius 3 is 2.74 bits per heavy atom. The Hall–Kier alpha value is -2.14. The largest absolute Gasteiger partial charge is 0.387 e. The van der Waals surface area contributed by atoms with Gasteiger partial charge in [-0.05, 0) is 25.5 Å². The monoisotopic (exact) mass is 260 g/mol. The molecule has 0 aliphatic rings. The Morgan fingerprint density at radius 2 is 2.05 bits per heavy atom. The van der Waals surface area contributed by atoms with Crippen LogP contribution in [0.25, 0.3) is 0 Å². The standard InChI is InChI=1S/C14H16N2O3/c1-11(17)13-7-4-9-15(13)10-8-12-5-2-3-6-14(12)16(18)19/h2-7,9,11,17H,8,10H2,1H3. The predicted octanol–water partition coefficient (Wildman–Crippen LogP) is 2.69. The van der Waals surface area contributed by atoms with Crippen LogP contribution in [0, 0.1) is 10.1 Å². The fourth-order valence-electron chi connectivity index (χ4n) is 2.15. The third kappa shape index (κ3) is 3.00. The summed E-state index contributed by atoms with van der Waals surface area (Å²) in [5, 5.41) is 20.5. The van der Waals surface area contributed by atoms with Crippen molar-refractivity contribution in [2.24, 2.45) is 0 Å². The Balaban J connectivity index is 2.15. The smallest absolute Gasteiger partial charge is 0.272 e. The zero-order valence-electron chi connectivity index (χ0n) is 10.7. The fraction of sp³-hybridized carbons (Fsp3) is 0.286. The molecule has 100 valence electrons. The maximum atomic E-state index is 10.9. The van der Waals surface area contributed by atoms with E-state index in [2.05, 4.69) is 0 Å². The van der Waals surface area contributed by atoms with Crippen LogP contribution in [-0.2, 0) is 13.0 Å². The van der Waals surface area contributed by atoms with E-state index in [9.17, 15) is 15.2 Å². The van der Waals surface area contributed by atoms with Crippen molar-refractivity contribution in [1.29, 1.82) is 0 Å². The van der Waals surface area contributed by atoms with Gasteiger partial charge in [-0.2, -0.15) is 0 Å². The van der Waals surface area contributed by atoms with Crippen LogP contribution < -0.4 is 0 Å². The highest BCUT2D eigenvalue weighted by Crippen LogP contribution is 2.20. The molecular weight excluding hydrogens is 244 g/mol. The van der Waals surface area contributed by atoms with Crippen LogP contribution in [0.5, 0.6) is 0 Å². The summed E-state index contributed by atoms with van der Waals surface area (Å²) >= 11 is 0. The van der Waals surface area contributed by atoms with Gasteiger partial charge in [-0.3, -0.25) is 10.1 Å². The first-order valence-corrected chi connectivity index (χ1v) is 6.15. The molecule has 1 atom stereocenters. The second kappa shape index (κ2) is 5.67. The summed E-state index contributed by atoms with van der Waals surface area (Å²) < 4.78 is 1.92. The van der Waals surface area contributed by atoms with Crippen molar-refractivity contribution in [2.75, 3.05) is 0 Å². The zero-order valence-corrected chi connectivity index (χ0v) is 10.7. The molecule has 2 aromatic rings. The third-order valence-electron chi connectivity index (χ3n) is 3.10. The van der Waals surface area contributed by atoms with E-state index < -0.39 is 6.10 Å². The van der Waals surface area contributed by atoms with Crippen molar-refractivity contribution in [3.05, 3.63) is 64.0 Å². The number of aryl methyl sites for hydroxylation is 2. The molecule has 1 N–H and O–H groups in total. The number of aliphatic hydroxyl groups excluding tert-OH is 1. The van der Waals surface area contributed by atoms with Gasteiger partial charge in [0.2, 0.25) is 0 Å². The first-order valence-electron chi connectivity index (χ1n) is 6.15. The summed E-state index contributed by atoms with van der Waals surface area (Å²) in [7, 11) is 0. The maximum absolute atomic E-state index is 10.9. The van der Waals surface area contributed by atoms with Crippen LogP contribution >= 0.6 is 0 Å². The number of hydrogen-bond acceptors (Lipinski definition) is 3. The van der Waals surface area contributed by atoms with Crippen molar-refractivity contribution in [3.63, 3.8) is 0 Å². The number of rotatable bonds is 5. The van der Waals surface area contributed by atoms with E-state index in [0.717, 1.165) is 5.69 Å². The second-order valence-corrected chi connectivity index (χ2v) is 4.44. The molecule has 2 rings (SSSR count). The van der Waals surface area contributed by atoms with Gasteiger partial charge >= 0.3 is 0 Å². The minimum Gasteiger partial charge on any atom is -0.387 e. The summed E-state index contributed by atoms with van der Waals surface area (Å²) in [6.45, 7) is 2.31. The normalized spacial score (nSPS) is 12.3. The van der Waals surface area contributed by atoms with Gasteiger partial charge in [0.1, 0.15) is 0 Å². The maximum Gasteiger partial charge on any atom is 0.272 e. The number of nitrogens with zero attached hydrogens (tertiary/aromatic N) is 2. The van der Waals surface area contributed by atoms with Crippen molar-refractivity contribution >= 4 is 5.69 Å². The molecule has 0 radical (unpaired) electrons. The lowest BCUT2D eigenvalue weighted by molar-refractivity contribution is -0.385. The van der Waals surface area contributed by atoms with E-state index in [1.54, 1.807) is 25.1 Å². The molecule has 0 saturated heterocycles. The summed E-state index contributed by atoms with van der Waals surface area (Å²) in [5.74, 6) is 0. The molecule has 0 amide bonds. The minimum absolute atomic E-state index is 0.147. The van der Waals surface area contributed by atoms with E-state index in [-0.39, 0.29) is 10.6 Å². The van der Waals surface area contributed by atoms with Crippen LogP contribution in [0.4, 0.5) is 5.69 Å². The highest BCUT2D eigenvalue weighted by Gasteiger charge is 2.13. The van der Waals surface area contributed by atoms with Gasteiger partial charge in [0.25, 0.3) is 5.69 Å². The van der Waals surface area contributed by atoms with E-state index in [1.807, 2.05) is 22.9 Å². The van der Waals surface area contributed by atoms with E-state index in [1.165, 1.54) is 6.07 Å². The molecule has 19 heavy (non-hydrogen) atoms. The molecule has 5 nitrogen and oxygen atoms in total. The number of benzene rings is 1. The number of nitro benzene ring substituents is 1. The van der Waals surface area contributed by atoms with Crippen molar-refractivity contribution < 1.29 is 10.0 Å². The van der Waals surface area contributed by atoms with Gasteiger partial charge in [-0.25, -0.2) is 0 Å². The van der Waals surface area contributed by atoms with E-state index >= 15 is 0 Å². The van der Waals surface area contributed by atoms with Crippen molar-refractivity contribution in [1.82, 2.24) is 4.57 Å². The van der Waals surface area contributed by atoms with Gasteiger partial charge < -0.3 is 9.67 Å². The molecule has 0 fully saturated rings. The third-order valence-corrected chi connectivity index (χ3v) is 3.10. The molecule has 0 saturated carbocycles. The van der Waals surface area contributed by atoms with Crippen molar-refractivity contribution in [2.45, 2.75) is 26.0 Å². The molecule has 1 aromatic carbocycles. The number of nitro groups is 1. The van der Waals surface area contributed by atoms with E-state index in [4.69, 9.17) is 0 Å². The van der Waals surface area contributed by atoms with Crippen LogP contribution in [0.3, 0.4) is 0 Å². The molecular formula is C14H16N2O3. The number of aromatic nitrogens is 1. The lowest BCUT2D eigenvalue weighted by Gasteiger charge is -2.11. The summed E-state index contributed by atoms with van der Waals surface area (Å²) in [5.41, 5.74) is 1.67. The molecule has 5 heteroatoms. The van der Waals surface area contributed by atoms with Crippen molar-refractivity contribution in [3.8, 4) is 0 Å². The van der Waals surface area contributed by atoms with Gasteiger partial charge in [0.15, 0.2) is 0 Å². The molecule has 0 spiro atoms. The zero-order chi connectivity index (χ0) is 13.8. The Kier molecular flexibility index (Phi) is 3.97. The second-order valence-electron chi connectivity index (χ2n) is 4.44. The molecule has 0 aliphatic carbocycles. The first-order chi connectivity index (χ1) is 9.09. The molecule has 0 aliphatic heterocycles. The molecule has 0 bridgehead atoms. The lowest BCUT2D eigenvalue weighted by atomic mass is 10.1. The van der Waals surface area contributed by atoms with Crippen LogP contribution in [-0.4, -0.2) is 14.6 Å². The number of para-hydroxylation sites is 1.